The van der Waals surface area contributed by atoms with Crippen LogP contribution in [0.2, 0.25) is 0 Å². The first-order valence-corrected chi connectivity index (χ1v) is 8.50. The average molecular weight is 330 g/mol. The first-order valence-electron chi connectivity index (χ1n) is 6.89. The van der Waals surface area contributed by atoms with Gasteiger partial charge in [-0.05, 0) is 53.7 Å². The number of halogens is 1. The molecule has 0 radical (unpaired) electrons. The molecule has 0 aromatic carbocycles. The van der Waals surface area contributed by atoms with Crippen LogP contribution >= 0.6 is 27.3 Å². The molecular formula is C14H20BrNOS. The van der Waals surface area contributed by atoms with Crippen LogP contribution in [0.25, 0.3) is 0 Å². The summed E-state index contributed by atoms with van der Waals surface area (Å²) in [7, 11) is 0. The first-order chi connectivity index (χ1) is 8.76. The molecule has 1 aliphatic carbocycles. The van der Waals surface area contributed by atoms with E-state index in [2.05, 4.69) is 33.4 Å². The number of rotatable bonds is 4. The van der Waals surface area contributed by atoms with Crippen LogP contribution in [0, 0.1) is 0 Å². The molecular weight excluding hydrogens is 310 g/mol. The smallest absolute Gasteiger partial charge is 0.0708 e. The summed E-state index contributed by atoms with van der Waals surface area (Å²) < 4.78 is 7.49. The molecule has 2 fully saturated rings. The van der Waals surface area contributed by atoms with E-state index in [0.29, 0.717) is 6.10 Å². The van der Waals surface area contributed by atoms with Gasteiger partial charge in [-0.2, -0.15) is 0 Å². The predicted molar refractivity (Wildman–Crippen MR) is 79.0 cm³/mol. The van der Waals surface area contributed by atoms with Crippen LogP contribution in [0.15, 0.2) is 15.9 Å². The highest BCUT2D eigenvalue weighted by molar-refractivity contribution is 9.11. The van der Waals surface area contributed by atoms with Gasteiger partial charge in [0.1, 0.15) is 0 Å². The molecule has 1 aromatic heterocycles. The Morgan fingerprint density at radius 3 is 2.89 bits per heavy atom. The fourth-order valence-electron chi connectivity index (χ4n) is 3.23. The van der Waals surface area contributed by atoms with Crippen molar-refractivity contribution in [1.29, 1.82) is 0 Å². The van der Waals surface area contributed by atoms with Crippen LogP contribution in [0.1, 0.15) is 43.4 Å². The van der Waals surface area contributed by atoms with Gasteiger partial charge in [0.05, 0.1) is 15.5 Å². The lowest BCUT2D eigenvalue weighted by Gasteiger charge is -2.23. The highest BCUT2D eigenvalue weighted by Gasteiger charge is 2.41. The Hall–Kier alpha value is 0.1000. The molecule has 1 spiro atoms. The SMILES string of the molecule is Brc1ccc(CNCC2CCC3(CCCC3)O2)s1. The zero-order valence-electron chi connectivity index (χ0n) is 10.6. The van der Waals surface area contributed by atoms with E-state index in [9.17, 15) is 0 Å². The Labute approximate surface area is 121 Å². The van der Waals surface area contributed by atoms with Gasteiger partial charge in [-0.25, -0.2) is 0 Å². The van der Waals surface area contributed by atoms with E-state index >= 15 is 0 Å². The normalized spacial score (nSPS) is 26.2. The molecule has 18 heavy (non-hydrogen) atoms. The molecule has 1 saturated heterocycles. The minimum atomic E-state index is 0.276. The maximum Gasteiger partial charge on any atom is 0.0708 e. The highest BCUT2D eigenvalue weighted by atomic mass is 79.9. The predicted octanol–water partition coefficient (Wildman–Crippen LogP) is 4.09. The summed E-state index contributed by atoms with van der Waals surface area (Å²) in [5.74, 6) is 0. The molecule has 0 bridgehead atoms. The van der Waals surface area contributed by atoms with E-state index in [0.717, 1.165) is 13.1 Å². The Morgan fingerprint density at radius 2 is 2.17 bits per heavy atom. The van der Waals surface area contributed by atoms with Crippen LogP contribution in [0.4, 0.5) is 0 Å². The van der Waals surface area contributed by atoms with Gasteiger partial charge in [0, 0.05) is 18.0 Å². The van der Waals surface area contributed by atoms with Crippen LogP contribution in [-0.4, -0.2) is 18.2 Å². The van der Waals surface area contributed by atoms with E-state index in [-0.39, 0.29) is 5.60 Å². The number of hydrogen-bond acceptors (Lipinski definition) is 3. The van der Waals surface area contributed by atoms with Crippen molar-refractivity contribution in [2.24, 2.45) is 0 Å². The van der Waals surface area contributed by atoms with Crippen LogP contribution in [0.3, 0.4) is 0 Å². The number of ether oxygens (including phenoxy) is 1. The summed E-state index contributed by atoms with van der Waals surface area (Å²) in [6, 6.07) is 4.29. The van der Waals surface area contributed by atoms with Gasteiger partial charge in [-0.3, -0.25) is 0 Å². The monoisotopic (exact) mass is 329 g/mol. The van der Waals surface area contributed by atoms with Gasteiger partial charge >= 0.3 is 0 Å². The molecule has 1 saturated carbocycles. The van der Waals surface area contributed by atoms with Crippen molar-refractivity contribution in [2.75, 3.05) is 6.54 Å². The van der Waals surface area contributed by atoms with Crippen molar-refractivity contribution in [3.05, 3.63) is 20.8 Å². The van der Waals surface area contributed by atoms with Gasteiger partial charge in [-0.1, -0.05) is 12.8 Å². The van der Waals surface area contributed by atoms with Crippen molar-refractivity contribution >= 4 is 27.3 Å². The lowest BCUT2D eigenvalue weighted by atomic mass is 9.98. The Kier molecular flexibility index (Phi) is 4.09. The van der Waals surface area contributed by atoms with Crippen LogP contribution in [0.5, 0.6) is 0 Å². The fourth-order valence-corrected chi connectivity index (χ4v) is 4.68. The summed E-state index contributed by atoms with van der Waals surface area (Å²) in [4.78, 5) is 1.38. The van der Waals surface area contributed by atoms with Crippen molar-refractivity contribution in [1.82, 2.24) is 5.32 Å². The zero-order valence-corrected chi connectivity index (χ0v) is 13.0. The quantitative estimate of drug-likeness (QED) is 0.898. The third-order valence-corrected chi connectivity index (χ3v) is 5.78. The summed E-state index contributed by atoms with van der Waals surface area (Å²) in [6.45, 7) is 1.96. The van der Waals surface area contributed by atoms with Crippen molar-refractivity contribution in [2.45, 2.75) is 56.8 Å². The maximum absolute atomic E-state index is 6.28. The molecule has 2 aliphatic rings. The second-order valence-corrected chi connectivity index (χ2v) is 8.05. The van der Waals surface area contributed by atoms with E-state index in [1.165, 1.54) is 47.2 Å². The summed E-state index contributed by atoms with van der Waals surface area (Å²) in [5.41, 5.74) is 0.276. The van der Waals surface area contributed by atoms with Crippen molar-refractivity contribution < 1.29 is 4.74 Å². The fraction of sp³-hybridized carbons (Fsp3) is 0.714. The third-order valence-electron chi connectivity index (χ3n) is 4.15. The van der Waals surface area contributed by atoms with Gasteiger partial charge in [0.25, 0.3) is 0 Å². The molecule has 1 unspecified atom stereocenters. The van der Waals surface area contributed by atoms with E-state index in [4.69, 9.17) is 4.74 Å². The molecule has 2 nitrogen and oxygen atoms in total. The largest absolute Gasteiger partial charge is 0.370 e. The van der Waals surface area contributed by atoms with Crippen molar-refractivity contribution in [3.8, 4) is 0 Å². The molecule has 100 valence electrons. The zero-order chi connectivity index (χ0) is 12.4. The molecule has 3 rings (SSSR count). The minimum absolute atomic E-state index is 0.276. The second kappa shape index (κ2) is 5.61. The van der Waals surface area contributed by atoms with E-state index < -0.39 is 0 Å². The summed E-state index contributed by atoms with van der Waals surface area (Å²) >= 11 is 5.30. The van der Waals surface area contributed by atoms with Crippen molar-refractivity contribution in [3.63, 3.8) is 0 Å². The molecule has 4 heteroatoms. The van der Waals surface area contributed by atoms with Gasteiger partial charge in [0.15, 0.2) is 0 Å². The molecule has 1 N–H and O–H groups in total. The first kappa shape index (κ1) is 13.1. The van der Waals surface area contributed by atoms with Gasteiger partial charge < -0.3 is 10.1 Å². The Balaban J connectivity index is 1.42. The maximum atomic E-state index is 6.28. The summed E-state index contributed by atoms with van der Waals surface area (Å²) in [5, 5.41) is 3.53. The Morgan fingerprint density at radius 1 is 1.33 bits per heavy atom. The van der Waals surface area contributed by atoms with Crippen LogP contribution in [-0.2, 0) is 11.3 Å². The van der Waals surface area contributed by atoms with Gasteiger partial charge in [0.2, 0.25) is 0 Å². The van der Waals surface area contributed by atoms with E-state index in [1.54, 1.807) is 11.3 Å². The standard InChI is InChI=1S/C14H20BrNOS/c15-13-4-3-12(18-13)10-16-9-11-5-8-14(17-11)6-1-2-7-14/h3-4,11,16H,1-2,5-10H2. The van der Waals surface area contributed by atoms with Crippen LogP contribution < -0.4 is 5.32 Å². The average Bonchev–Trinajstić information content (AvgIpc) is 3.05. The molecule has 1 aromatic rings. The second-order valence-electron chi connectivity index (χ2n) is 5.51. The Bertz CT molecular complexity index is 400. The molecule has 2 heterocycles. The van der Waals surface area contributed by atoms with E-state index in [1.807, 2.05) is 0 Å². The lowest BCUT2D eigenvalue weighted by Crippen LogP contribution is -2.30. The third kappa shape index (κ3) is 2.98. The number of nitrogens with one attached hydrogen (secondary N) is 1. The molecule has 0 amide bonds. The minimum Gasteiger partial charge on any atom is -0.370 e. The summed E-state index contributed by atoms with van der Waals surface area (Å²) in [6.07, 6.45) is 8.27. The number of hydrogen-bond donors (Lipinski definition) is 1. The molecule has 1 atom stereocenters. The topological polar surface area (TPSA) is 21.3 Å². The number of thiophene rings is 1. The lowest BCUT2D eigenvalue weighted by molar-refractivity contribution is -0.0351. The van der Waals surface area contributed by atoms with Gasteiger partial charge in [-0.15, -0.1) is 11.3 Å². The highest BCUT2D eigenvalue weighted by Crippen LogP contribution is 2.43. The molecule has 1 aliphatic heterocycles.